The predicted octanol–water partition coefficient (Wildman–Crippen LogP) is 3.51. The summed E-state index contributed by atoms with van der Waals surface area (Å²) in [5, 5.41) is 4.95. The number of nitrogens with zero attached hydrogens (tertiary/aromatic N) is 2. The van der Waals surface area contributed by atoms with E-state index in [1.807, 2.05) is 24.3 Å². The Morgan fingerprint density at radius 2 is 2.07 bits per heavy atom. The molecule has 7 nitrogen and oxygen atoms in total. The molecule has 1 N–H and O–H groups in total. The zero-order valence-corrected chi connectivity index (χ0v) is 16.7. The number of likely N-dealkylation sites (N-methyl/N-ethyl adjacent to an activating group) is 1. The minimum atomic E-state index is -0.285. The highest BCUT2D eigenvalue weighted by molar-refractivity contribution is 7.14. The number of aromatic nitrogens is 1. The summed E-state index contributed by atoms with van der Waals surface area (Å²) < 4.78 is 10.5. The van der Waals surface area contributed by atoms with Crippen molar-refractivity contribution in [1.82, 2.24) is 9.88 Å². The Hall–Kier alpha value is -3.13. The first-order chi connectivity index (χ1) is 13.5. The van der Waals surface area contributed by atoms with Gasteiger partial charge in [-0.15, -0.1) is 11.3 Å². The maximum atomic E-state index is 12.5. The van der Waals surface area contributed by atoms with Crippen LogP contribution >= 0.6 is 11.3 Å². The first-order valence-electron chi connectivity index (χ1n) is 8.63. The predicted molar refractivity (Wildman–Crippen MR) is 107 cm³/mol. The van der Waals surface area contributed by atoms with Crippen molar-refractivity contribution in [2.45, 2.75) is 19.9 Å². The van der Waals surface area contributed by atoms with Crippen LogP contribution in [0.2, 0.25) is 0 Å². The van der Waals surface area contributed by atoms with Gasteiger partial charge in [-0.05, 0) is 19.1 Å². The van der Waals surface area contributed by atoms with Crippen molar-refractivity contribution in [3.8, 4) is 5.75 Å². The Kier molecular flexibility index (Phi) is 6.10. The maximum absolute atomic E-state index is 12.5. The molecular weight excluding hydrogens is 378 g/mol. The van der Waals surface area contributed by atoms with E-state index in [0.29, 0.717) is 28.7 Å². The van der Waals surface area contributed by atoms with E-state index < -0.39 is 0 Å². The quantitative estimate of drug-likeness (QED) is 0.657. The van der Waals surface area contributed by atoms with Crippen molar-refractivity contribution in [3.63, 3.8) is 0 Å². The van der Waals surface area contributed by atoms with Crippen LogP contribution in [-0.2, 0) is 17.8 Å². The number of nitrogens with one attached hydrogen (secondary N) is 1. The molecule has 3 rings (SSSR count). The summed E-state index contributed by atoms with van der Waals surface area (Å²) in [4.78, 5) is 30.7. The SMILES string of the molecule is COc1ccccc1CN(C)C(=O)Cc1csc(NC(=O)c2ccoc2C)n1. The standard InChI is InChI=1S/C20H21N3O4S/c1-13-16(8-9-27-13)19(25)22-20-21-15(12-28-20)10-18(24)23(2)11-14-6-4-5-7-17(14)26-3/h4-9,12H,10-11H2,1-3H3,(H,21,22,25). The molecule has 0 aliphatic carbocycles. The summed E-state index contributed by atoms with van der Waals surface area (Å²) >= 11 is 1.28. The van der Waals surface area contributed by atoms with Gasteiger partial charge in [-0.3, -0.25) is 14.9 Å². The molecule has 0 unspecified atom stereocenters. The number of benzene rings is 1. The molecule has 0 saturated carbocycles. The van der Waals surface area contributed by atoms with Crippen LogP contribution in [0.15, 0.2) is 46.4 Å². The van der Waals surface area contributed by atoms with Gasteiger partial charge in [0.1, 0.15) is 11.5 Å². The number of amides is 2. The van der Waals surface area contributed by atoms with Crippen molar-refractivity contribution < 1.29 is 18.7 Å². The topological polar surface area (TPSA) is 84.7 Å². The van der Waals surface area contributed by atoms with E-state index in [0.717, 1.165) is 11.3 Å². The number of anilines is 1. The summed E-state index contributed by atoms with van der Waals surface area (Å²) in [7, 11) is 3.35. The number of furan rings is 1. The number of para-hydroxylation sites is 1. The molecule has 146 valence electrons. The highest BCUT2D eigenvalue weighted by Gasteiger charge is 2.16. The Morgan fingerprint density at radius 1 is 1.29 bits per heavy atom. The fraction of sp³-hybridized carbons (Fsp3) is 0.250. The van der Waals surface area contributed by atoms with Gasteiger partial charge in [0.2, 0.25) is 5.91 Å². The number of hydrogen-bond donors (Lipinski definition) is 1. The van der Waals surface area contributed by atoms with Crippen LogP contribution in [0.4, 0.5) is 5.13 Å². The molecule has 2 heterocycles. The van der Waals surface area contributed by atoms with Crippen molar-refractivity contribution in [1.29, 1.82) is 0 Å². The number of aryl methyl sites for hydroxylation is 1. The van der Waals surface area contributed by atoms with Crippen LogP contribution in [0, 0.1) is 6.92 Å². The van der Waals surface area contributed by atoms with Crippen LogP contribution in [-0.4, -0.2) is 35.9 Å². The molecule has 0 aliphatic rings. The third kappa shape index (κ3) is 4.58. The lowest BCUT2D eigenvalue weighted by Crippen LogP contribution is -2.28. The van der Waals surface area contributed by atoms with Crippen LogP contribution in [0.1, 0.15) is 27.4 Å². The second-order valence-electron chi connectivity index (χ2n) is 6.23. The molecule has 28 heavy (non-hydrogen) atoms. The first kappa shape index (κ1) is 19.6. The Morgan fingerprint density at radius 3 is 2.79 bits per heavy atom. The van der Waals surface area contributed by atoms with Gasteiger partial charge in [0.05, 0.1) is 31.1 Å². The summed E-state index contributed by atoms with van der Waals surface area (Å²) in [6.07, 6.45) is 1.62. The molecular formula is C20H21N3O4S. The molecule has 0 spiro atoms. The third-order valence-corrected chi connectivity index (χ3v) is 5.04. The Bertz CT molecular complexity index is 979. The lowest BCUT2D eigenvalue weighted by Gasteiger charge is -2.18. The monoisotopic (exact) mass is 399 g/mol. The van der Waals surface area contributed by atoms with Gasteiger partial charge in [-0.1, -0.05) is 18.2 Å². The molecule has 0 atom stereocenters. The number of hydrogen-bond acceptors (Lipinski definition) is 6. The zero-order chi connectivity index (χ0) is 20.1. The third-order valence-electron chi connectivity index (χ3n) is 4.23. The molecule has 0 radical (unpaired) electrons. The second-order valence-corrected chi connectivity index (χ2v) is 7.09. The largest absolute Gasteiger partial charge is 0.496 e. The maximum Gasteiger partial charge on any atom is 0.260 e. The molecule has 0 saturated heterocycles. The van der Waals surface area contributed by atoms with Crippen LogP contribution in [0.25, 0.3) is 0 Å². The summed E-state index contributed by atoms with van der Waals surface area (Å²) in [5.74, 6) is 0.935. The fourth-order valence-electron chi connectivity index (χ4n) is 2.70. The minimum absolute atomic E-state index is 0.0697. The molecule has 0 fully saturated rings. The Labute approximate surface area is 167 Å². The van der Waals surface area contributed by atoms with E-state index in [4.69, 9.17) is 9.15 Å². The van der Waals surface area contributed by atoms with E-state index in [-0.39, 0.29) is 18.2 Å². The van der Waals surface area contributed by atoms with Crippen molar-refractivity contribution in [2.75, 3.05) is 19.5 Å². The van der Waals surface area contributed by atoms with Gasteiger partial charge in [-0.25, -0.2) is 4.98 Å². The number of rotatable bonds is 7. The second kappa shape index (κ2) is 8.71. The number of thiazole rings is 1. The molecule has 2 amide bonds. The van der Waals surface area contributed by atoms with Gasteiger partial charge in [0, 0.05) is 24.5 Å². The van der Waals surface area contributed by atoms with Gasteiger partial charge in [0.15, 0.2) is 5.13 Å². The summed E-state index contributed by atoms with van der Waals surface area (Å²) in [6, 6.07) is 9.20. The highest BCUT2D eigenvalue weighted by Crippen LogP contribution is 2.21. The van der Waals surface area contributed by atoms with Gasteiger partial charge in [-0.2, -0.15) is 0 Å². The van der Waals surface area contributed by atoms with Crippen LogP contribution < -0.4 is 10.1 Å². The number of methoxy groups -OCH3 is 1. The number of ether oxygens (including phenoxy) is 1. The van der Waals surface area contributed by atoms with Gasteiger partial charge >= 0.3 is 0 Å². The zero-order valence-electron chi connectivity index (χ0n) is 15.9. The molecule has 0 aliphatic heterocycles. The van der Waals surface area contributed by atoms with Crippen LogP contribution in [0.5, 0.6) is 5.75 Å². The molecule has 0 bridgehead atoms. The van der Waals surface area contributed by atoms with E-state index in [9.17, 15) is 9.59 Å². The first-order valence-corrected chi connectivity index (χ1v) is 9.51. The minimum Gasteiger partial charge on any atom is -0.496 e. The molecule has 1 aromatic carbocycles. The van der Waals surface area contributed by atoms with E-state index in [2.05, 4.69) is 10.3 Å². The van der Waals surface area contributed by atoms with Gasteiger partial charge in [0.25, 0.3) is 5.91 Å². The average Bonchev–Trinajstić information content (AvgIpc) is 3.30. The summed E-state index contributed by atoms with van der Waals surface area (Å²) in [6.45, 7) is 2.16. The van der Waals surface area contributed by atoms with Crippen molar-refractivity contribution >= 4 is 28.3 Å². The van der Waals surface area contributed by atoms with Crippen molar-refractivity contribution in [3.05, 3.63) is 64.6 Å². The summed E-state index contributed by atoms with van der Waals surface area (Å²) in [5.41, 5.74) is 2.01. The number of carbonyl (C=O) groups is 2. The van der Waals surface area contributed by atoms with E-state index >= 15 is 0 Å². The normalized spacial score (nSPS) is 10.5. The lowest BCUT2D eigenvalue weighted by atomic mass is 10.2. The molecule has 3 aromatic rings. The molecule has 8 heteroatoms. The van der Waals surface area contributed by atoms with Crippen molar-refractivity contribution in [2.24, 2.45) is 0 Å². The smallest absolute Gasteiger partial charge is 0.260 e. The van der Waals surface area contributed by atoms with Gasteiger partial charge < -0.3 is 14.1 Å². The number of carbonyl (C=O) groups excluding carboxylic acids is 2. The molecule has 2 aromatic heterocycles. The highest BCUT2D eigenvalue weighted by atomic mass is 32.1. The fourth-order valence-corrected chi connectivity index (χ4v) is 3.40. The van der Waals surface area contributed by atoms with E-state index in [1.54, 1.807) is 37.4 Å². The lowest BCUT2D eigenvalue weighted by molar-refractivity contribution is -0.129. The van der Waals surface area contributed by atoms with Crippen LogP contribution in [0.3, 0.4) is 0 Å². The van der Waals surface area contributed by atoms with E-state index in [1.165, 1.54) is 17.6 Å². The average molecular weight is 399 g/mol. The Balaban J connectivity index is 1.59.